The molecular formula is C36H46ClN5O7S. The molecule has 0 aliphatic carbocycles. The van der Waals surface area contributed by atoms with Crippen molar-refractivity contribution in [3.05, 3.63) is 77.3 Å². The lowest BCUT2D eigenvalue weighted by Crippen LogP contribution is -2.48. The third-order valence-corrected chi connectivity index (χ3v) is 10.8. The number of fused-ring (bicyclic) bond motifs is 1. The van der Waals surface area contributed by atoms with E-state index in [0.717, 1.165) is 0 Å². The molecule has 0 radical (unpaired) electrons. The monoisotopic (exact) mass is 727 g/mol. The molecule has 3 aromatic rings. The second kappa shape index (κ2) is 17.7. The Bertz CT molecular complexity index is 1760. The number of rotatable bonds is 14. The quantitative estimate of drug-likeness (QED) is 0.134. The SMILES string of the molecule is C[C@@H]1CN([C@@H](C)CO)C(=O)Cc2cc(NC(=O)CCCCCC(=O)Nc3ccccc3N)ccc2O[C@H]1CN(C)S(=O)(=O)c1ccc(Cl)cc1. The number of aliphatic hydroxyl groups is 1. The Morgan fingerprint density at radius 2 is 1.70 bits per heavy atom. The van der Waals surface area contributed by atoms with Gasteiger partial charge in [-0.3, -0.25) is 14.4 Å². The fraction of sp³-hybridized carbons (Fsp3) is 0.417. The van der Waals surface area contributed by atoms with Crippen molar-refractivity contribution >= 4 is 56.4 Å². The van der Waals surface area contributed by atoms with Gasteiger partial charge in [-0.25, -0.2) is 8.42 Å². The number of ether oxygens (including phenoxy) is 1. The molecule has 3 aromatic carbocycles. The Morgan fingerprint density at radius 3 is 2.36 bits per heavy atom. The molecule has 0 bridgehead atoms. The lowest BCUT2D eigenvalue weighted by Gasteiger charge is -2.33. The van der Waals surface area contributed by atoms with Crippen LogP contribution < -0.4 is 21.1 Å². The molecule has 0 fully saturated rings. The van der Waals surface area contributed by atoms with E-state index in [1.807, 2.05) is 6.92 Å². The van der Waals surface area contributed by atoms with E-state index >= 15 is 0 Å². The molecule has 270 valence electrons. The van der Waals surface area contributed by atoms with Crippen LogP contribution in [-0.4, -0.2) is 79.3 Å². The number of carbonyl (C=O) groups excluding carboxylic acids is 3. The predicted octanol–water partition coefficient (Wildman–Crippen LogP) is 4.92. The van der Waals surface area contributed by atoms with Gasteiger partial charge < -0.3 is 31.1 Å². The number of benzene rings is 3. The number of unbranched alkanes of at least 4 members (excludes halogenated alkanes) is 2. The number of nitrogen functional groups attached to an aromatic ring is 1. The van der Waals surface area contributed by atoms with E-state index in [-0.39, 0.29) is 61.1 Å². The van der Waals surface area contributed by atoms with Crippen molar-refractivity contribution in [3.63, 3.8) is 0 Å². The molecular weight excluding hydrogens is 682 g/mol. The number of hydrogen-bond acceptors (Lipinski definition) is 8. The lowest BCUT2D eigenvalue weighted by molar-refractivity contribution is -0.134. The van der Waals surface area contributed by atoms with Crippen LogP contribution in [0.3, 0.4) is 0 Å². The van der Waals surface area contributed by atoms with Gasteiger partial charge in [0.1, 0.15) is 11.9 Å². The van der Waals surface area contributed by atoms with Gasteiger partial charge in [0.05, 0.1) is 41.9 Å². The van der Waals surface area contributed by atoms with Gasteiger partial charge >= 0.3 is 0 Å². The van der Waals surface area contributed by atoms with Crippen molar-refractivity contribution in [1.29, 1.82) is 0 Å². The van der Waals surface area contributed by atoms with Gasteiger partial charge in [0.15, 0.2) is 0 Å². The standard InChI is InChI=1S/C36H46ClN5O7S/c1-24-21-42(25(2)23-43)36(46)20-26-19-28(39-34(44)11-5-4-6-12-35(45)40-31-10-8-7-9-30(31)38)15-18-32(26)49-33(24)22-41(3)50(47,48)29-16-13-27(37)14-17-29/h7-10,13-19,24-25,33,43H,4-6,11-12,20-23,38H2,1-3H3,(H,39,44)(H,40,45)/t24-,25+,33+/m1/s1. The second-order valence-electron chi connectivity index (χ2n) is 12.7. The van der Waals surface area contributed by atoms with E-state index in [4.69, 9.17) is 22.1 Å². The highest BCUT2D eigenvalue weighted by Gasteiger charge is 2.33. The summed E-state index contributed by atoms with van der Waals surface area (Å²) in [6.07, 6.45) is 1.73. The van der Waals surface area contributed by atoms with E-state index in [0.29, 0.717) is 59.1 Å². The number of nitrogens with two attached hydrogens (primary N) is 1. The summed E-state index contributed by atoms with van der Waals surface area (Å²) in [4.78, 5) is 40.3. The number of carbonyl (C=O) groups is 3. The second-order valence-corrected chi connectivity index (χ2v) is 15.2. The summed E-state index contributed by atoms with van der Waals surface area (Å²) in [5.41, 5.74) is 7.96. The zero-order chi connectivity index (χ0) is 36.4. The van der Waals surface area contributed by atoms with Gasteiger partial charge in [-0.05, 0) is 74.4 Å². The molecule has 1 heterocycles. The summed E-state index contributed by atoms with van der Waals surface area (Å²) in [6.45, 7) is 3.60. The highest BCUT2D eigenvalue weighted by molar-refractivity contribution is 7.89. The van der Waals surface area contributed by atoms with Crippen LogP contribution in [0.4, 0.5) is 17.1 Å². The summed E-state index contributed by atoms with van der Waals surface area (Å²) in [6, 6.07) is 17.5. The fourth-order valence-corrected chi connectivity index (χ4v) is 6.97. The number of amides is 3. The number of nitrogens with zero attached hydrogens (tertiary/aromatic N) is 2. The molecule has 0 spiro atoms. The van der Waals surface area contributed by atoms with Gasteiger partial charge in [0.2, 0.25) is 27.7 Å². The summed E-state index contributed by atoms with van der Waals surface area (Å²) < 4.78 is 34.5. The molecule has 12 nitrogen and oxygen atoms in total. The Kier molecular flexibility index (Phi) is 13.6. The van der Waals surface area contributed by atoms with Crippen molar-refractivity contribution in [2.24, 2.45) is 5.92 Å². The Labute approximate surface area is 299 Å². The minimum absolute atomic E-state index is 0.0123. The first kappa shape index (κ1) is 38.6. The van der Waals surface area contributed by atoms with Gasteiger partial charge in [0, 0.05) is 48.6 Å². The summed E-state index contributed by atoms with van der Waals surface area (Å²) in [5.74, 6) is -0.492. The maximum absolute atomic E-state index is 13.6. The molecule has 3 atom stereocenters. The summed E-state index contributed by atoms with van der Waals surface area (Å²) in [5, 5.41) is 16.0. The average molecular weight is 728 g/mol. The minimum Gasteiger partial charge on any atom is -0.488 e. The zero-order valence-electron chi connectivity index (χ0n) is 28.6. The first-order valence-electron chi connectivity index (χ1n) is 16.6. The number of sulfonamides is 1. The van der Waals surface area contributed by atoms with Crippen LogP contribution in [0.5, 0.6) is 5.75 Å². The largest absolute Gasteiger partial charge is 0.488 e. The smallest absolute Gasteiger partial charge is 0.242 e. The molecule has 1 aliphatic rings. The maximum Gasteiger partial charge on any atom is 0.242 e. The molecule has 14 heteroatoms. The number of anilines is 3. The molecule has 5 N–H and O–H groups in total. The van der Waals surface area contributed by atoms with Crippen LogP contribution in [0.2, 0.25) is 5.02 Å². The number of aliphatic hydroxyl groups excluding tert-OH is 1. The first-order valence-corrected chi connectivity index (χ1v) is 18.5. The minimum atomic E-state index is -3.88. The van der Waals surface area contributed by atoms with E-state index in [9.17, 15) is 27.9 Å². The van der Waals surface area contributed by atoms with Crippen LogP contribution in [-0.2, 0) is 30.8 Å². The average Bonchev–Trinajstić information content (AvgIpc) is 3.12. The van der Waals surface area contributed by atoms with E-state index in [1.54, 1.807) is 54.3 Å². The van der Waals surface area contributed by atoms with Gasteiger partial charge in [-0.15, -0.1) is 0 Å². The van der Waals surface area contributed by atoms with Gasteiger partial charge in [0.25, 0.3) is 0 Å². The zero-order valence-corrected chi connectivity index (χ0v) is 30.2. The van der Waals surface area contributed by atoms with Crippen molar-refractivity contribution in [2.75, 3.05) is 43.1 Å². The Morgan fingerprint density at radius 1 is 1.04 bits per heavy atom. The summed E-state index contributed by atoms with van der Waals surface area (Å²) in [7, 11) is -2.41. The van der Waals surface area contributed by atoms with Crippen LogP contribution in [0.1, 0.15) is 51.5 Å². The molecule has 3 amide bonds. The van der Waals surface area contributed by atoms with Crippen LogP contribution in [0.25, 0.3) is 0 Å². The third-order valence-electron chi connectivity index (χ3n) is 8.70. The molecule has 0 saturated heterocycles. The number of hydrogen-bond donors (Lipinski definition) is 4. The van der Waals surface area contributed by atoms with Gasteiger partial charge in [-0.1, -0.05) is 37.1 Å². The van der Waals surface area contributed by atoms with E-state index in [1.165, 1.54) is 35.6 Å². The fourth-order valence-electron chi connectivity index (χ4n) is 5.66. The predicted molar refractivity (Wildman–Crippen MR) is 194 cm³/mol. The molecule has 4 rings (SSSR count). The third kappa shape index (κ3) is 10.4. The first-order chi connectivity index (χ1) is 23.8. The van der Waals surface area contributed by atoms with Crippen LogP contribution in [0.15, 0.2) is 71.6 Å². The molecule has 0 saturated carbocycles. The lowest BCUT2D eigenvalue weighted by atomic mass is 10.0. The van der Waals surface area contributed by atoms with E-state index < -0.39 is 22.2 Å². The van der Waals surface area contributed by atoms with Crippen LogP contribution >= 0.6 is 11.6 Å². The molecule has 50 heavy (non-hydrogen) atoms. The number of halogens is 1. The van der Waals surface area contributed by atoms with Crippen LogP contribution in [0, 0.1) is 5.92 Å². The van der Waals surface area contributed by atoms with Crippen molar-refractivity contribution in [1.82, 2.24) is 9.21 Å². The normalized spacial score (nSPS) is 17.2. The number of para-hydroxylation sites is 2. The topological polar surface area (TPSA) is 171 Å². The van der Waals surface area contributed by atoms with Crippen molar-refractivity contribution in [2.45, 2.75) is 69.4 Å². The van der Waals surface area contributed by atoms with E-state index in [2.05, 4.69) is 10.6 Å². The Balaban J connectivity index is 1.41. The van der Waals surface area contributed by atoms with Gasteiger partial charge in [-0.2, -0.15) is 4.31 Å². The molecule has 0 aromatic heterocycles. The molecule has 1 aliphatic heterocycles. The van der Waals surface area contributed by atoms with Crippen molar-refractivity contribution in [3.8, 4) is 5.75 Å². The maximum atomic E-state index is 13.6. The summed E-state index contributed by atoms with van der Waals surface area (Å²) >= 11 is 5.97. The Hall–Kier alpha value is -4.17. The number of likely N-dealkylation sites (N-methyl/N-ethyl adjacent to an activating group) is 1. The van der Waals surface area contributed by atoms with Crippen molar-refractivity contribution < 1.29 is 32.6 Å². The highest BCUT2D eigenvalue weighted by atomic mass is 35.5. The highest BCUT2D eigenvalue weighted by Crippen LogP contribution is 2.30. The molecule has 0 unspecified atom stereocenters. The number of nitrogens with one attached hydrogen (secondary N) is 2.